The number of rotatable bonds is 3. The van der Waals surface area contributed by atoms with Gasteiger partial charge in [-0.25, -0.2) is 0 Å². The Morgan fingerprint density at radius 3 is 2.70 bits per heavy atom. The van der Waals surface area contributed by atoms with Crippen molar-refractivity contribution in [1.29, 1.82) is 0 Å². The number of phenols is 1. The third kappa shape index (κ3) is 3.06. The molecule has 4 atom stereocenters. The van der Waals surface area contributed by atoms with E-state index in [0.29, 0.717) is 23.5 Å². The Balaban J connectivity index is 1.35. The average Bonchev–Trinajstić information content (AvgIpc) is 3.08. The van der Waals surface area contributed by atoms with Crippen LogP contribution < -0.4 is 5.43 Å². The highest BCUT2D eigenvalue weighted by Crippen LogP contribution is 2.60. The first-order chi connectivity index (χ1) is 14.5. The van der Waals surface area contributed by atoms with Gasteiger partial charge in [0.15, 0.2) is 0 Å². The smallest absolute Gasteiger partial charge is 0.269 e. The SMILES string of the molecule is C[C@]12CC[C@H]3c4ccc(O)cc4CC[C@@H]3[C@@H]1CC/C2=N/Nc1ccc([N+](=O)[O-])cc1. The third-order valence-electron chi connectivity index (χ3n) is 7.85. The van der Waals surface area contributed by atoms with E-state index in [1.165, 1.54) is 41.8 Å². The molecule has 30 heavy (non-hydrogen) atoms. The maximum Gasteiger partial charge on any atom is 0.269 e. The predicted octanol–water partition coefficient (Wildman–Crippen LogP) is 5.62. The lowest BCUT2D eigenvalue weighted by molar-refractivity contribution is -0.384. The summed E-state index contributed by atoms with van der Waals surface area (Å²) in [5.41, 5.74) is 8.13. The second kappa shape index (κ2) is 7.11. The normalized spacial score (nSPS) is 31.0. The van der Waals surface area contributed by atoms with Crippen molar-refractivity contribution in [3.05, 3.63) is 63.7 Å². The highest BCUT2D eigenvalue weighted by Gasteiger charge is 2.53. The second-order valence-corrected chi connectivity index (χ2v) is 9.27. The summed E-state index contributed by atoms with van der Waals surface area (Å²) in [6, 6.07) is 12.4. The molecule has 6 nitrogen and oxygen atoms in total. The number of non-ortho nitro benzene ring substituents is 1. The molecule has 0 spiro atoms. The van der Waals surface area contributed by atoms with Crippen molar-refractivity contribution in [2.45, 2.75) is 51.4 Å². The van der Waals surface area contributed by atoms with Gasteiger partial charge in [0.05, 0.1) is 10.6 Å². The second-order valence-electron chi connectivity index (χ2n) is 9.27. The molecule has 2 fully saturated rings. The number of hydrogen-bond acceptors (Lipinski definition) is 5. The van der Waals surface area contributed by atoms with E-state index in [-0.39, 0.29) is 16.0 Å². The Labute approximate surface area is 176 Å². The molecule has 3 aliphatic rings. The first-order valence-corrected chi connectivity index (χ1v) is 10.8. The van der Waals surface area contributed by atoms with Crippen molar-refractivity contribution in [1.82, 2.24) is 0 Å². The van der Waals surface area contributed by atoms with Crippen LogP contribution in [0.5, 0.6) is 5.75 Å². The van der Waals surface area contributed by atoms with Crippen molar-refractivity contribution in [3.63, 3.8) is 0 Å². The van der Waals surface area contributed by atoms with Gasteiger partial charge in [0.2, 0.25) is 0 Å². The number of benzene rings is 2. The summed E-state index contributed by atoms with van der Waals surface area (Å²) in [4.78, 5) is 10.4. The lowest BCUT2D eigenvalue weighted by Crippen LogP contribution is -2.42. The van der Waals surface area contributed by atoms with E-state index >= 15 is 0 Å². The molecule has 2 saturated carbocycles. The molecule has 3 aliphatic carbocycles. The van der Waals surface area contributed by atoms with Crippen molar-refractivity contribution in [2.24, 2.45) is 22.4 Å². The Morgan fingerprint density at radius 1 is 1.13 bits per heavy atom. The van der Waals surface area contributed by atoms with Gasteiger partial charge in [-0.05, 0) is 91.7 Å². The van der Waals surface area contributed by atoms with E-state index in [4.69, 9.17) is 5.10 Å². The Kier molecular flexibility index (Phi) is 4.53. The van der Waals surface area contributed by atoms with Gasteiger partial charge < -0.3 is 5.11 Å². The van der Waals surface area contributed by atoms with Crippen LogP contribution in [0.2, 0.25) is 0 Å². The molecule has 2 aromatic carbocycles. The standard InChI is InChI=1S/C24H27N3O3/c1-24-13-12-20-19-9-7-18(28)14-15(19)2-8-21(20)22(24)10-11-23(24)26-25-16-3-5-17(6-4-16)27(29)30/h3-7,9,14,20-22,25,28H,2,8,10-13H2,1H3/b26-23-/t20-,21-,22-,24-/m0/s1. The number of fused-ring (bicyclic) bond motifs is 5. The zero-order chi connectivity index (χ0) is 20.9. The minimum atomic E-state index is -0.388. The number of nitrogens with one attached hydrogen (secondary N) is 1. The number of nitrogens with zero attached hydrogens (tertiary/aromatic N) is 2. The minimum absolute atomic E-state index is 0.0883. The van der Waals surface area contributed by atoms with Crippen molar-refractivity contribution in [3.8, 4) is 5.75 Å². The lowest BCUT2D eigenvalue weighted by Gasteiger charge is -2.49. The lowest BCUT2D eigenvalue weighted by atomic mass is 9.55. The largest absolute Gasteiger partial charge is 0.508 e. The number of hydrazone groups is 1. The first-order valence-electron chi connectivity index (χ1n) is 10.8. The van der Waals surface area contributed by atoms with Gasteiger partial charge in [0, 0.05) is 23.3 Å². The fourth-order valence-electron chi connectivity index (χ4n) is 6.33. The topological polar surface area (TPSA) is 87.8 Å². The highest BCUT2D eigenvalue weighted by atomic mass is 16.6. The van der Waals surface area contributed by atoms with Crippen LogP contribution in [0.25, 0.3) is 0 Å². The van der Waals surface area contributed by atoms with Gasteiger partial charge in [-0.2, -0.15) is 5.10 Å². The van der Waals surface area contributed by atoms with Gasteiger partial charge in [-0.15, -0.1) is 0 Å². The summed E-state index contributed by atoms with van der Waals surface area (Å²) < 4.78 is 0. The van der Waals surface area contributed by atoms with Crippen molar-refractivity contribution >= 4 is 17.1 Å². The summed E-state index contributed by atoms with van der Waals surface area (Å²) in [5.74, 6) is 2.28. The number of phenolic OH excluding ortho intramolecular Hbond substituents is 1. The maximum atomic E-state index is 10.8. The molecular weight excluding hydrogens is 378 g/mol. The predicted molar refractivity (Wildman–Crippen MR) is 117 cm³/mol. The van der Waals surface area contributed by atoms with Gasteiger partial charge in [-0.1, -0.05) is 13.0 Å². The summed E-state index contributed by atoms with van der Waals surface area (Å²) in [6.45, 7) is 2.38. The average molecular weight is 405 g/mol. The van der Waals surface area contributed by atoms with Crippen molar-refractivity contribution < 1.29 is 10.0 Å². The number of nitro benzene ring substituents is 1. The van der Waals surface area contributed by atoms with Gasteiger partial charge in [-0.3, -0.25) is 15.5 Å². The molecule has 2 N–H and O–H groups in total. The number of nitro groups is 1. The fourth-order valence-corrected chi connectivity index (χ4v) is 6.33. The molecule has 156 valence electrons. The molecule has 0 heterocycles. The van der Waals surface area contributed by atoms with Crippen LogP contribution in [0.1, 0.15) is 56.1 Å². The maximum absolute atomic E-state index is 10.8. The molecule has 0 bridgehead atoms. The molecule has 0 amide bonds. The van der Waals surface area contributed by atoms with E-state index in [1.807, 2.05) is 12.1 Å². The van der Waals surface area contributed by atoms with Crippen molar-refractivity contribution in [2.75, 3.05) is 5.43 Å². The highest BCUT2D eigenvalue weighted by molar-refractivity contribution is 5.93. The summed E-state index contributed by atoms with van der Waals surface area (Å²) >= 11 is 0. The number of anilines is 1. The van der Waals surface area contributed by atoms with Crippen LogP contribution in [0, 0.1) is 27.4 Å². The quantitative estimate of drug-likeness (QED) is 0.512. The zero-order valence-electron chi connectivity index (χ0n) is 17.2. The van der Waals surface area contributed by atoms with Crippen LogP contribution in [0.15, 0.2) is 47.6 Å². The molecule has 0 radical (unpaired) electrons. The summed E-state index contributed by atoms with van der Waals surface area (Å²) in [7, 11) is 0. The van der Waals surface area contributed by atoms with Gasteiger partial charge >= 0.3 is 0 Å². The monoisotopic (exact) mass is 405 g/mol. The number of aryl methyl sites for hydroxylation is 1. The molecular formula is C24H27N3O3. The Bertz CT molecular complexity index is 1020. The Hall–Kier alpha value is -2.89. The molecule has 6 heteroatoms. The minimum Gasteiger partial charge on any atom is -0.508 e. The third-order valence-corrected chi connectivity index (χ3v) is 7.85. The molecule has 0 unspecified atom stereocenters. The van der Waals surface area contributed by atoms with Gasteiger partial charge in [0.25, 0.3) is 5.69 Å². The number of aromatic hydroxyl groups is 1. The molecule has 5 rings (SSSR count). The first kappa shape index (κ1) is 19.1. The molecule has 2 aromatic rings. The van der Waals surface area contributed by atoms with E-state index in [9.17, 15) is 15.2 Å². The van der Waals surface area contributed by atoms with E-state index in [0.717, 1.165) is 31.4 Å². The van der Waals surface area contributed by atoms with Crippen LogP contribution >= 0.6 is 0 Å². The van der Waals surface area contributed by atoms with Crippen LogP contribution in [-0.4, -0.2) is 15.7 Å². The van der Waals surface area contributed by atoms with Gasteiger partial charge in [0.1, 0.15) is 5.75 Å². The van der Waals surface area contributed by atoms with Crippen LogP contribution in [0.3, 0.4) is 0 Å². The fraction of sp³-hybridized carbons (Fsp3) is 0.458. The zero-order valence-corrected chi connectivity index (χ0v) is 17.2. The van der Waals surface area contributed by atoms with Crippen LogP contribution in [-0.2, 0) is 6.42 Å². The summed E-state index contributed by atoms with van der Waals surface area (Å²) in [6.07, 6.45) is 6.69. The van der Waals surface area contributed by atoms with Crippen LogP contribution in [0.4, 0.5) is 11.4 Å². The Morgan fingerprint density at radius 2 is 1.93 bits per heavy atom. The molecule has 0 aromatic heterocycles. The molecule has 0 saturated heterocycles. The molecule has 0 aliphatic heterocycles. The van der Waals surface area contributed by atoms with E-state index in [2.05, 4.69) is 18.4 Å². The summed E-state index contributed by atoms with van der Waals surface area (Å²) in [5, 5.41) is 25.5. The number of hydrogen-bond donors (Lipinski definition) is 2. The van der Waals surface area contributed by atoms with E-state index in [1.54, 1.807) is 12.1 Å². The van der Waals surface area contributed by atoms with E-state index < -0.39 is 0 Å².